The molecule has 1 saturated carbocycles. The van der Waals surface area contributed by atoms with Crippen LogP contribution in [0.25, 0.3) is 0 Å². The van der Waals surface area contributed by atoms with Crippen LogP contribution in [0.2, 0.25) is 0 Å². The number of nitrogens with zero attached hydrogens (tertiary/aromatic N) is 4. The molecule has 0 unspecified atom stereocenters. The van der Waals surface area contributed by atoms with Crippen LogP contribution < -0.4 is 5.43 Å². The monoisotopic (exact) mass is 417 g/mol. The van der Waals surface area contributed by atoms with E-state index in [1.807, 2.05) is 0 Å². The average molecular weight is 417 g/mol. The van der Waals surface area contributed by atoms with E-state index in [0.29, 0.717) is 32.4 Å². The Kier molecular flexibility index (Phi) is 5.52. The van der Waals surface area contributed by atoms with Crippen LogP contribution in [0.15, 0.2) is 22.6 Å². The number of carbonyl (C=O) groups excluding carboxylic acids is 2. The summed E-state index contributed by atoms with van der Waals surface area (Å²) in [6.45, 7) is 6.08. The molecule has 0 bridgehead atoms. The zero-order chi connectivity index (χ0) is 21.4. The molecule has 2 aliphatic heterocycles. The van der Waals surface area contributed by atoms with Gasteiger partial charge in [-0.15, -0.1) is 5.11 Å². The first kappa shape index (κ1) is 21.4. The Hall–Kier alpha value is -2.33. The third-order valence-corrected chi connectivity index (χ3v) is 5.32. The number of amides is 2. The third kappa shape index (κ3) is 4.99. The van der Waals surface area contributed by atoms with Crippen LogP contribution >= 0.6 is 0 Å². The van der Waals surface area contributed by atoms with Gasteiger partial charge in [0.1, 0.15) is 5.60 Å². The van der Waals surface area contributed by atoms with Crippen molar-refractivity contribution in [3.8, 4) is 0 Å². The molecular formula is C18H26F3N5O3. The second-order valence-corrected chi connectivity index (χ2v) is 8.77. The summed E-state index contributed by atoms with van der Waals surface area (Å²) < 4.78 is 44.9. The summed E-state index contributed by atoms with van der Waals surface area (Å²) in [6.07, 6.45) is -0.949. The van der Waals surface area contributed by atoms with Crippen LogP contribution in [0, 0.1) is 5.92 Å². The molecule has 2 heterocycles. The summed E-state index contributed by atoms with van der Waals surface area (Å²) in [7, 11) is 0. The Balaban J connectivity index is 1.61. The van der Waals surface area contributed by atoms with E-state index >= 15 is 0 Å². The van der Waals surface area contributed by atoms with E-state index in [-0.39, 0.29) is 12.5 Å². The Labute approximate surface area is 167 Å². The minimum atomic E-state index is -4.94. The van der Waals surface area contributed by atoms with Gasteiger partial charge in [-0.3, -0.25) is 10.2 Å². The number of halogens is 3. The van der Waals surface area contributed by atoms with Gasteiger partial charge in [-0.25, -0.2) is 4.79 Å². The number of likely N-dealkylation sites (tertiary alicyclic amines) is 1. The van der Waals surface area contributed by atoms with Crippen molar-refractivity contribution in [3.63, 3.8) is 0 Å². The van der Waals surface area contributed by atoms with Gasteiger partial charge in [0.25, 0.3) is 0 Å². The standard InChI is InChI=1S/C18H26F3N5O3/c1-16(2,3)29-15(28)25-8-4-12(5-9-25)11-26(14(27)18(19,20)21)13-10-17(13)6-7-22-24-23-17/h6-7,12-13H,4-5,8-11H2,1-3H3,(H,22,23)/t13-,17-/m1/s1. The molecule has 3 aliphatic rings. The zero-order valence-electron chi connectivity index (χ0n) is 16.7. The maximum atomic E-state index is 13.2. The minimum Gasteiger partial charge on any atom is -0.444 e. The van der Waals surface area contributed by atoms with Crippen LogP contribution in [0.3, 0.4) is 0 Å². The van der Waals surface area contributed by atoms with Gasteiger partial charge >= 0.3 is 18.2 Å². The van der Waals surface area contributed by atoms with Crippen LogP contribution in [-0.4, -0.2) is 64.8 Å². The fraction of sp³-hybridized carbons (Fsp3) is 0.778. The fourth-order valence-corrected chi connectivity index (χ4v) is 3.72. The summed E-state index contributed by atoms with van der Waals surface area (Å²) in [6, 6.07) is -0.629. The van der Waals surface area contributed by atoms with E-state index in [0.717, 1.165) is 4.90 Å². The summed E-state index contributed by atoms with van der Waals surface area (Å²) in [5.41, 5.74) is 1.34. The first-order valence-corrected chi connectivity index (χ1v) is 9.62. The van der Waals surface area contributed by atoms with Crippen LogP contribution in [0.5, 0.6) is 0 Å². The second-order valence-electron chi connectivity index (χ2n) is 8.77. The number of hydrogen-bond donors (Lipinski definition) is 1. The highest BCUT2D eigenvalue weighted by molar-refractivity contribution is 5.83. The van der Waals surface area contributed by atoms with E-state index in [9.17, 15) is 22.8 Å². The molecule has 1 N–H and O–H groups in total. The summed E-state index contributed by atoms with van der Waals surface area (Å²) >= 11 is 0. The van der Waals surface area contributed by atoms with E-state index in [1.54, 1.807) is 31.7 Å². The first-order valence-electron chi connectivity index (χ1n) is 9.62. The molecule has 2 fully saturated rings. The van der Waals surface area contributed by atoms with Gasteiger partial charge < -0.3 is 14.5 Å². The predicted molar refractivity (Wildman–Crippen MR) is 96.6 cm³/mol. The van der Waals surface area contributed by atoms with Crippen molar-refractivity contribution >= 4 is 12.0 Å². The maximum Gasteiger partial charge on any atom is 0.471 e. The molecular weight excluding hydrogens is 391 g/mol. The number of carbonyl (C=O) groups is 2. The molecule has 11 heteroatoms. The Morgan fingerprint density at radius 2 is 1.93 bits per heavy atom. The van der Waals surface area contributed by atoms with Gasteiger partial charge in [0.2, 0.25) is 0 Å². The zero-order valence-corrected chi connectivity index (χ0v) is 16.7. The molecule has 29 heavy (non-hydrogen) atoms. The highest BCUT2D eigenvalue weighted by Gasteiger charge is 2.61. The summed E-state index contributed by atoms with van der Waals surface area (Å²) in [5, 5.41) is 7.29. The molecule has 0 aromatic heterocycles. The lowest BCUT2D eigenvalue weighted by Gasteiger charge is -2.36. The number of rotatable bonds is 3. The Bertz CT molecular complexity index is 711. The largest absolute Gasteiger partial charge is 0.471 e. The molecule has 0 radical (unpaired) electrons. The first-order chi connectivity index (χ1) is 13.4. The number of alkyl halides is 3. The topological polar surface area (TPSA) is 86.6 Å². The normalized spacial score (nSPS) is 27.0. The van der Waals surface area contributed by atoms with Crippen molar-refractivity contribution in [3.05, 3.63) is 12.3 Å². The Morgan fingerprint density at radius 3 is 2.45 bits per heavy atom. The minimum absolute atomic E-state index is 0.0143. The van der Waals surface area contributed by atoms with Crippen molar-refractivity contribution in [2.24, 2.45) is 16.3 Å². The lowest BCUT2D eigenvalue weighted by molar-refractivity contribution is -0.187. The van der Waals surface area contributed by atoms with Gasteiger partial charge in [-0.05, 0) is 45.6 Å². The second kappa shape index (κ2) is 7.49. The van der Waals surface area contributed by atoms with Gasteiger partial charge in [-0.2, -0.15) is 13.2 Å². The van der Waals surface area contributed by atoms with Crippen LogP contribution in [-0.2, 0) is 9.53 Å². The van der Waals surface area contributed by atoms with Gasteiger partial charge in [-0.1, -0.05) is 5.22 Å². The maximum absolute atomic E-state index is 13.2. The van der Waals surface area contributed by atoms with Crippen molar-refractivity contribution in [1.82, 2.24) is 15.2 Å². The van der Waals surface area contributed by atoms with Gasteiger partial charge in [0.15, 0.2) is 0 Å². The lowest BCUT2D eigenvalue weighted by Crippen LogP contribution is -2.50. The average Bonchev–Trinajstić information content (AvgIpc) is 3.30. The SMILES string of the molecule is CC(C)(C)OC(=O)N1CCC(CN(C(=O)C(F)(F)F)[C@@H]2C[C@]23C=CN=NN3)CC1. The predicted octanol–water partition coefficient (Wildman–Crippen LogP) is 3.02. The van der Waals surface area contributed by atoms with E-state index in [2.05, 4.69) is 15.8 Å². The van der Waals surface area contributed by atoms with Crippen molar-refractivity contribution in [2.75, 3.05) is 19.6 Å². The number of hydrogen-bond acceptors (Lipinski definition) is 6. The van der Waals surface area contributed by atoms with E-state index in [4.69, 9.17) is 4.74 Å². The Morgan fingerprint density at radius 1 is 1.28 bits per heavy atom. The van der Waals surface area contributed by atoms with Crippen molar-refractivity contribution < 1.29 is 27.5 Å². The summed E-state index contributed by atoms with van der Waals surface area (Å²) in [5.74, 6) is -1.97. The molecule has 162 valence electrons. The van der Waals surface area contributed by atoms with Crippen LogP contribution in [0.4, 0.5) is 18.0 Å². The lowest BCUT2D eigenvalue weighted by atomic mass is 9.96. The molecule has 2 amide bonds. The molecule has 1 spiro atoms. The highest BCUT2D eigenvalue weighted by atomic mass is 19.4. The number of piperidine rings is 1. The van der Waals surface area contributed by atoms with Crippen molar-refractivity contribution in [2.45, 2.75) is 63.4 Å². The quantitative estimate of drug-likeness (QED) is 0.765. The number of ether oxygens (including phenoxy) is 1. The molecule has 0 aromatic rings. The smallest absolute Gasteiger partial charge is 0.444 e. The molecule has 3 rings (SSSR count). The van der Waals surface area contributed by atoms with E-state index in [1.165, 1.54) is 6.20 Å². The molecule has 2 atom stereocenters. The number of nitrogens with one attached hydrogen (secondary N) is 1. The molecule has 1 aliphatic carbocycles. The molecule has 0 aromatic carbocycles. The molecule has 8 nitrogen and oxygen atoms in total. The van der Waals surface area contributed by atoms with Gasteiger partial charge in [0, 0.05) is 32.3 Å². The van der Waals surface area contributed by atoms with Crippen LogP contribution in [0.1, 0.15) is 40.0 Å². The van der Waals surface area contributed by atoms with E-state index < -0.39 is 35.4 Å². The van der Waals surface area contributed by atoms with Gasteiger partial charge in [0.05, 0.1) is 11.6 Å². The highest BCUT2D eigenvalue weighted by Crippen LogP contribution is 2.45. The van der Waals surface area contributed by atoms with Crippen molar-refractivity contribution in [1.29, 1.82) is 0 Å². The fourth-order valence-electron chi connectivity index (χ4n) is 3.72. The third-order valence-electron chi connectivity index (χ3n) is 5.32. The summed E-state index contributed by atoms with van der Waals surface area (Å²) in [4.78, 5) is 26.7. The molecule has 1 saturated heterocycles.